The van der Waals surface area contributed by atoms with Crippen LogP contribution in [0.15, 0.2) is 42.6 Å². The Hall–Kier alpha value is -3.96. The number of nitrogens with one attached hydrogen (secondary N) is 2. The zero-order valence-corrected chi connectivity index (χ0v) is 22.3. The Morgan fingerprint density at radius 2 is 2.00 bits per heavy atom. The summed E-state index contributed by atoms with van der Waals surface area (Å²) in [4.78, 5) is 35.9. The molecule has 3 heterocycles. The molecule has 2 unspecified atom stereocenters. The summed E-state index contributed by atoms with van der Waals surface area (Å²) >= 11 is 0. The van der Waals surface area contributed by atoms with Crippen LogP contribution < -0.4 is 10.6 Å². The number of aromatic nitrogens is 2. The summed E-state index contributed by atoms with van der Waals surface area (Å²) in [6, 6.07) is 8.76. The van der Waals surface area contributed by atoms with Crippen molar-refractivity contribution in [3.05, 3.63) is 76.5 Å². The molecule has 9 nitrogen and oxygen atoms in total. The highest BCUT2D eigenvalue weighted by molar-refractivity contribution is 6.02. The van der Waals surface area contributed by atoms with E-state index in [1.165, 1.54) is 11.0 Å². The van der Waals surface area contributed by atoms with Crippen LogP contribution in [-0.2, 0) is 16.1 Å². The van der Waals surface area contributed by atoms with Crippen molar-refractivity contribution in [2.45, 2.75) is 51.4 Å². The first-order valence-electron chi connectivity index (χ1n) is 13.2. The molecule has 5 rings (SSSR count). The summed E-state index contributed by atoms with van der Waals surface area (Å²) in [5, 5.41) is 15.8. The molecule has 1 fully saturated rings. The molecular formula is C29H31F2N5O4. The van der Waals surface area contributed by atoms with Gasteiger partial charge in [-0.2, -0.15) is 0 Å². The van der Waals surface area contributed by atoms with Crippen LogP contribution in [0.25, 0.3) is 11.3 Å². The number of hydrogen-bond acceptors (Lipinski definition) is 7. The average molecular weight is 552 g/mol. The number of amides is 2. The van der Waals surface area contributed by atoms with Gasteiger partial charge < -0.3 is 25.4 Å². The summed E-state index contributed by atoms with van der Waals surface area (Å²) in [5.41, 5.74) is 1.45. The van der Waals surface area contributed by atoms with E-state index in [-0.39, 0.29) is 42.0 Å². The molecule has 0 aliphatic carbocycles. The molecule has 0 spiro atoms. The van der Waals surface area contributed by atoms with Crippen LogP contribution in [0, 0.1) is 18.6 Å². The van der Waals surface area contributed by atoms with Crippen molar-refractivity contribution in [2.75, 3.05) is 25.1 Å². The Kier molecular flexibility index (Phi) is 8.04. The molecular weight excluding hydrogens is 520 g/mol. The molecule has 3 aromatic rings. The predicted molar refractivity (Wildman–Crippen MR) is 143 cm³/mol. The Morgan fingerprint density at radius 3 is 2.73 bits per heavy atom. The molecule has 40 heavy (non-hydrogen) atoms. The standard InChI is InChI=1S/C29H31F2N5O4/c1-16-4-3-5-18(12-16)23(15-37)34-27(38)17(2)36-14-19-6-7-21(25(31)24(19)28(36)39)26-22(30)13-32-29(35-26)33-20-8-10-40-11-9-20/h3-7,12-13,17,20,23,37H,8-11,14-15H2,1-2H3,(H,34,38)(H,32,33,35). The number of nitrogens with zero attached hydrogens (tertiary/aromatic N) is 3. The Balaban J connectivity index is 1.35. The van der Waals surface area contributed by atoms with Crippen molar-refractivity contribution in [1.29, 1.82) is 0 Å². The van der Waals surface area contributed by atoms with Crippen molar-refractivity contribution < 1.29 is 28.2 Å². The molecule has 1 saturated heterocycles. The lowest BCUT2D eigenvalue weighted by atomic mass is 10.0. The first-order chi connectivity index (χ1) is 19.3. The van der Waals surface area contributed by atoms with Crippen LogP contribution in [0.1, 0.15) is 52.9 Å². The summed E-state index contributed by atoms with van der Waals surface area (Å²) in [7, 11) is 0. The van der Waals surface area contributed by atoms with E-state index in [2.05, 4.69) is 20.6 Å². The van der Waals surface area contributed by atoms with E-state index in [1.807, 2.05) is 25.1 Å². The first-order valence-corrected chi connectivity index (χ1v) is 13.2. The van der Waals surface area contributed by atoms with Gasteiger partial charge in [0.15, 0.2) is 5.82 Å². The van der Waals surface area contributed by atoms with Crippen LogP contribution in [0.3, 0.4) is 0 Å². The van der Waals surface area contributed by atoms with E-state index in [0.717, 1.165) is 30.2 Å². The van der Waals surface area contributed by atoms with E-state index in [0.29, 0.717) is 18.8 Å². The predicted octanol–water partition coefficient (Wildman–Crippen LogP) is 3.52. The lowest BCUT2D eigenvalue weighted by molar-refractivity contribution is -0.126. The van der Waals surface area contributed by atoms with Crippen LogP contribution in [0.4, 0.5) is 14.7 Å². The zero-order valence-electron chi connectivity index (χ0n) is 22.3. The molecule has 11 heteroatoms. The third kappa shape index (κ3) is 5.52. The highest BCUT2D eigenvalue weighted by Gasteiger charge is 2.38. The number of halogens is 2. The van der Waals surface area contributed by atoms with Crippen molar-refractivity contribution >= 4 is 17.8 Å². The van der Waals surface area contributed by atoms with Gasteiger partial charge in [-0.3, -0.25) is 9.59 Å². The number of carbonyl (C=O) groups excluding carboxylic acids is 2. The first kappa shape index (κ1) is 27.6. The van der Waals surface area contributed by atoms with Gasteiger partial charge in [0.2, 0.25) is 11.9 Å². The van der Waals surface area contributed by atoms with Gasteiger partial charge in [-0.05, 0) is 43.9 Å². The summed E-state index contributed by atoms with van der Waals surface area (Å²) < 4.78 is 35.9. The lowest BCUT2D eigenvalue weighted by Crippen LogP contribution is -2.46. The van der Waals surface area contributed by atoms with E-state index in [4.69, 9.17) is 4.74 Å². The largest absolute Gasteiger partial charge is 0.394 e. The van der Waals surface area contributed by atoms with Crippen LogP contribution in [-0.4, -0.2) is 63.7 Å². The summed E-state index contributed by atoms with van der Waals surface area (Å²) in [6.45, 7) is 4.31. The number of anilines is 1. The number of benzene rings is 2. The molecule has 1 aromatic heterocycles. The second kappa shape index (κ2) is 11.6. The minimum absolute atomic E-state index is 0.0109. The molecule has 0 radical (unpaired) electrons. The number of aryl methyl sites for hydroxylation is 1. The van der Waals surface area contributed by atoms with Crippen LogP contribution in [0.2, 0.25) is 0 Å². The highest BCUT2D eigenvalue weighted by Crippen LogP contribution is 2.34. The van der Waals surface area contributed by atoms with Crippen molar-refractivity contribution in [3.8, 4) is 11.3 Å². The molecule has 2 atom stereocenters. The Morgan fingerprint density at radius 1 is 1.23 bits per heavy atom. The molecule has 2 aliphatic heterocycles. The van der Waals surface area contributed by atoms with E-state index in [9.17, 15) is 19.1 Å². The quantitative estimate of drug-likeness (QED) is 0.392. The van der Waals surface area contributed by atoms with E-state index >= 15 is 4.39 Å². The Bertz CT molecular complexity index is 1430. The SMILES string of the molecule is Cc1cccc(C(CO)NC(=O)C(C)N2Cc3ccc(-c4nc(NC5CCOCC5)ncc4F)c(F)c3C2=O)c1. The van der Waals surface area contributed by atoms with Crippen LogP contribution >= 0.6 is 0 Å². The summed E-state index contributed by atoms with van der Waals surface area (Å²) in [6.07, 6.45) is 2.45. The maximum absolute atomic E-state index is 15.8. The molecule has 3 N–H and O–H groups in total. The molecule has 210 valence electrons. The van der Waals surface area contributed by atoms with Gasteiger partial charge in [-0.1, -0.05) is 35.9 Å². The van der Waals surface area contributed by atoms with Crippen molar-refractivity contribution in [2.24, 2.45) is 0 Å². The van der Waals surface area contributed by atoms with Gasteiger partial charge >= 0.3 is 0 Å². The van der Waals surface area contributed by atoms with E-state index in [1.54, 1.807) is 19.1 Å². The van der Waals surface area contributed by atoms with Gasteiger partial charge in [0, 0.05) is 31.4 Å². The fourth-order valence-corrected chi connectivity index (χ4v) is 5.08. The number of carbonyl (C=O) groups is 2. The Labute approximate surface area is 230 Å². The normalized spacial score (nSPS) is 16.9. The number of aliphatic hydroxyl groups is 1. The summed E-state index contributed by atoms with van der Waals surface area (Å²) in [5.74, 6) is -2.73. The second-order valence-electron chi connectivity index (χ2n) is 10.1. The second-order valence-corrected chi connectivity index (χ2v) is 10.1. The topological polar surface area (TPSA) is 117 Å². The van der Waals surface area contributed by atoms with Crippen molar-refractivity contribution in [1.82, 2.24) is 20.2 Å². The highest BCUT2D eigenvalue weighted by atomic mass is 19.1. The number of rotatable bonds is 8. The fourth-order valence-electron chi connectivity index (χ4n) is 5.08. The third-order valence-electron chi connectivity index (χ3n) is 7.39. The molecule has 2 amide bonds. The van der Waals surface area contributed by atoms with Crippen molar-refractivity contribution in [3.63, 3.8) is 0 Å². The monoisotopic (exact) mass is 551 g/mol. The zero-order chi connectivity index (χ0) is 28.4. The molecule has 2 aromatic carbocycles. The number of ether oxygens (including phenoxy) is 1. The van der Waals surface area contributed by atoms with Gasteiger partial charge in [-0.15, -0.1) is 0 Å². The number of hydrogen-bond donors (Lipinski definition) is 3. The molecule has 0 bridgehead atoms. The smallest absolute Gasteiger partial charge is 0.258 e. The maximum atomic E-state index is 15.8. The lowest BCUT2D eigenvalue weighted by Gasteiger charge is -2.26. The van der Waals surface area contributed by atoms with E-state index < -0.39 is 35.5 Å². The van der Waals surface area contributed by atoms with Gasteiger partial charge in [0.1, 0.15) is 17.6 Å². The van der Waals surface area contributed by atoms with Crippen LogP contribution in [0.5, 0.6) is 0 Å². The molecule has 2 aliphatic rings. The average Bonchev–Trinajstić information content (AvgIpc) is 3.30. The minimum atomic E-state index is -0.951. The maximum Gasteiger partial charge on any atom is 0.258 e. The molecule has 0 saturated carbocycles. The van der Waals surface area contributed by atoms with Gasteiger partial charge in [0.25, 0.3) is 5.91 Å². The third-order valence-corrected chi connectivity index (χ3v) is 7.39. The minimum Gasteiger partial charge on any atom is -0.394 e. The number of fused-ring (bicyclic) bond motifs is 1. The number of aliphatic hydroxyl groups excluding tert-OH is 1. The van der Waals surface area contributed by atoms with Gasteiger partial charge in [0.05, 0.1) is 24.4 Å². The van der Waals surface area contributed by atoms with Gasteiger partial charge in [-0.25, -0.2) is 18.7 Å². The fraction of sp³-hybridized carbons (Fsp3) is 0.379.